The number of benzene rings is 1. The van der Waals surface area contributed by atoms with Gasteiger partial charge in [0.05, 0.1) is 30.9 Å². The van der Waals surface area contributed by atoms with Crippen LogP contribution in [-0.2, 0) is 22.7 Å². The third-order valence-electron chi connectivity index (χ3n) is 2.68. The molecule has 0 aliphatic rings. The predicted molar refractivity (Wildman–Crippen MR) is 70.7 cm³/mol. The zero-order chi connectivity index (χ0) is 16.2. The van der Waals surface area contributed by atoms with Crippen LogP contribution >= 0.6 is 0 Å². The Morgan fingerprint density at radius 3 is 1.48 bits per heavy atom. The van der Waals surface area contributed by atoms with Crippen LogP contribution in [0.25, 0.3) is 0 Å². The Balaban J connectivity index is 3.01. The first-order valence-electron chi connectivity index (χ1n) is 6.68. The van der Waals surface area contributed by atoms with Crippen LogP contribution in [0.3, 0.4) is 0 Å². The van der Waals surface area contributed by atoms with Gasteiger partial charge < -0.3 is 9.47 Å². The van der Waals surface area contributed by atoms with Gasteiger partial charge in [0.2, 0.25) is 0 Å². The third-order valence-corrected chi connectivity index (χ3v) is 2.68. The van der Waals surface area contributed by atoms with E-state index in [1.807, 2.05) is 20.8 Å². The second-order valence-corrected chi connectivity index (χ2v) is 5.90. The molecule has 0 saturated carbocycles. The van der Waals surface area contributed by atoms with Crippen molar-refractivity contribution in [1.29, 1.82) is 0 Å². The van der Waals surface area contributed by atoms with Crippen LogP contribution < -0.4 is 0 Å². The van der Waals surface area contributed by atoms with Crippen LogP contribution in [-0.4, -0.2) is 13.2 Å². The van der Waals surface area contributed by atoms with Crippen molar-refractivity contribution in [2.24, 2.45) is 5.41 Å². The number of rotatable bonds is 6. The Labute approximate surface area is 122 Å². The van der Waals surface area contributed by atoms with Crippen LogP contribution in [0.15, 0.2) is 0 Å². The quantitative estimate of drug-likeness (QED) is 0.575. The van der Waals surface area contributed by atoms with Crippen molar-refractivity contribution in [3.05, 3.63) is 34.4 Å². The SMILES string of the molecule is CCOCc1c(F)c(F)c(COCC(C)(C)C)c(F)c1F. The Morgan fingerprint density at radius 1 is 0.762 bits per heavy atom. The van der Waals surface area contributed by atoms with Gasteiger partial charge in [-0.3, -0.25) is 0 Å². The zero-order valence-corrected chi connectivity index (χ0v) is 12.7. The highest BCUT2D eigenvalue weighted by Crippen LogP contribution is 2.26. The van der Waals surface area contributed by atoms with Crippen molar-refractivity contribution in [3.8, 4) is 0 Å². The molecule has 0 bridgehead atoms. The van der Waals surface area contributed by atoms with Crippen LogP contribution in [0.5, 0.6) is 0 Å². The first-order valence-corrected chi connectivity index (χ1v) is 6.68. The number of halogens is 4. The van der Waals surface area contributed by atoms with Gasteiger partial charge in [-0.1, -0.05) is 20.8 Å². The van der Waals surface area contributed by atoms with E-state index in [1.54, 1.807) is 6.92 Å². The largest absolute Gasteiger partial charge is 0.377 e. The normalized spacial score (nSPS) is 12.0. The number of hydrogen-bond donors (Lipinski definition) is 0. The maximum absolute atomic E-state index is 13.8. The van der Waals surface area contributed by atoms with E-state index < -0.39 is 47.6 Å². The molecule has 0 aromatic heterocycles. The first kappa shape index (κ1) is 17.9. The molecule has 21 heavy (non-hydrogen) atoms. The lowest BCUT2D eigenvalue weighted by Gasteiger charge is -2.19. The van der Waals surface area contributed by atoms with Crippen LogP contribution in [0.2, 0.25) is 0 Å². The molecular formula is C15H20F4O2. The van der Waals surface area contributed by atoms with E-state index in [2.05, 4.69) is 0 Å². The molecule has 0 atom stereocenters. The number of ether oxygens (including phenoxy) is 2. The van der Waals surface area contributed by atoms with Gasteiger partial charge in [-0.25, -0.2) is 17.6 Å². The molecule has 0 fully saturated rings. The predicted octanol–water partition coefficient (Wildman–Crippen LogP) is 4.34. The fraction of sp³-hybridized carbons (Fsp3) is 0.600. The summed E-state index contributed by atoms with van der Waals surface area (Å²) in [7, 11) is 0. The molecule has 0 amide bonds. The summed E-state index contributed by atoms with van der Waals surface area (Å²) >= 11 is 0. The van der Waals surface area contributed by atoms with Crippen LogP contribution in [0, 0.1) is 28.7 Å². The van der Waals surface area contributed by atoms with Crippen LogP contribution in [0.4, 0.5) is 17.6 Å². The average molecular weight is 308 g/mol. The summed E-state index contributed by atoms with van der Waals surface area (Å²) in [5.74, 6) is -5.73. The number of hydrogen-bond acceptors (Lipinski definition) is 2. The lowest BCUT2D eigenvalue weighted by Crippen LogP contribution is -2.16. The summed E-state index contributed by atoms with van der Waals surface area (Å²) < 4.78 is 65.2. The van der Waals surface area contributed by atoms with Gasteiger partial charge in [-0.05, 0) is 12.3 Å². The average Bonchev–Trinajstić information content (AvgIpc) is 2.39. The van der Waals surface area contributed by atoms with Crippen molar-refractivity contribution >= 4 is 0 Å². The summed E-state index contributed by atoms with van der Waals surface area (Å²) in [4.78, 5) is 0. The highest BCUT2D eigenvalue weighted by atomic mass is 19.2. The van der Waals surface area contributed by atoms with Gasteiger partial charge in [-0.2, -0.15) is 0 Å². The topological polar surface area (TPSA) is 18.5 Å². The summed E-state index contributed by atoms with van der Waals surface area (Å²) in [5, 5.41) is 0. The second-order valence-electron chi connectivity index (χ2n) is 5.90. The van der Waals surface area contributed by atoms with Gasteiger partial charge in [0.15, 0.2) is 23.3 Å². The molecule has 0 aliphatic heterocycles. The summed E-state index contributed by atoms with van der Waals surface area (Å²) in [6, 6.07) is 0. The van der Waals surface area contributed by atoms with E-state index in [4.69, 9.17) is 9.47 Å². The molecule has 0 N–H and O–H groups in total. The maximum atomic E-state index is 13.8. The second kappa shape index (κ2) is 7.22. The fourth-order valence-electron chi connectivity index (χ4n) is 1.64. The van der Waals surface area contributed by atoms with E-state index in [1.165, 1.54) is 0 Å². The standard InChI is InChI=1S/C15H20F4O2/c1-5-20-6-9-11(16)13(18)10(14(19)12(9)17)7-21-8-15(2,3)4/h5-8H2,1-4H3. The van der Waals surface area contributed by atoms with Gasteiger partial charge >= 0.3 is 0 Å². The molecule has 0 aliphatic carbocycles. The van der Waals surface area contributed by atoms with Gasteiger partial charge in [-0.15, -0.1) is 0 Å². The molecule has 0 radical (unpaired) electrons. The van der Waals surface area contributed by atoms with E-state index in [-0.39, 0.29) is 18.6 Å². The monoisotopic (exact) mass is 308 g/mol. The molecule has 2 nitrogen and oxygen atoms in total. The molecule has 1 rings (SSSR count). The molecule has 1 aromatic rings. The van der Waals surface area contributed by atoms with Crippen LogP contribution in [0.1, 0.15) is 38.8 Å². The molecular weight excluding hydrogens is 288 g/mol. The van der Waals surface area contributed by atoms with Gasteiger partial charge in [0.25, 0.3) is 0 Å². The van der Waals surface area contributed by atoms with Crippen molar-refractivity contribution in [2.75, 3.05) is 13.2 Å². The highest BCUT2D eigenvalue weighted by molar-refractivity contribution is 5.29. The Hall–Kier alpha value is -1.14. The Bertz CT molecular complexity index is 466. The molecule has 0 saturated heterocycles. The maximum Gasteiger partial charge on any atom is 0.167 e. The summed E-state index contributed by atoms with van der Waals surface area (Å²) in [6.45, 7) is 6.54. The van der Waals surface area contributed by atoms with E-state index in [9.17, 15) is 17.6 Å². The molecule has 1 aromatic carbocycles. The van der Waals surface area contributed by atoms with Crippen molar-refractivity contribution in [3.63, 3.8) is 0 Å². The van der Waals surface area contributed by atoms with E-state index in [0.717, 1.165) is 0 Å². The minimum absolute atomic E-state index is 0.179. The van der Waals surface area contributed by atoms with Gasteiger partial charge in [0, 0.05) is 6.61 Å². The fourth-order valence-corrected chi connectivity index (χ4v) is 1.64. The Kier molecular flexibility index (Phi) is 6.16. The minimum atomic E-state index is -1.43. The molecule has 0 unspecified atom stereocenters. The molecule has 0 spiro atoms. The minimum Gasteiger partial charge on any atom is -0.377 e. The smallest absolute Gasteiger partial charge is 0.167 e. The van der Waals surface area contributed by atoms with Crippen molar-refractivity contribution < 1.29 is 27.0 Å². The van der Waals surface area contributed by atoms with Gasteiger partial charge in [0.1, 0.15) is 0 Å². The van der Waals surface area contributed by atoms with Crippen molar-refractivity contribution in [1.82, 2.24) is 0 Å². The van der Waals surface area contributed by atoms with E-state index in [0.29, 0.717) is 0 Å². The first-order chi connectivity index (χ1) is 9.69. The third kappa shape index (κ3) is 4.68. The van der Waals surface area contributed by atoms with E-state index >= 15 is 0 Å². The Morgan fingerprint density at radius 2 is 1.14 bits per heavy atom. The zero-order valence-electron chi connectivity index (χ0n) is 12.7. The van der Waals surface area contributed by atoms with Crippen molar-refractivity contribution in [2.45, 2.75) is 40.9 Å². The highest BCUT2D eigenvalue weighted by Gasteiger charge is 2.25. The lowest BCUT2D eigenvalue weighted by atomic mass is 9.99. The summed E-state index contributed by atoms with van der Waals surface area (Å²) in [6.07, 6.45) is 0. The molecule has 120 valence electrons. The summed E-state index contributed by atoms with van der Waals surface area (Å²) in [5.41, 5.74) is -1.71. The lowest BCUT2D eigenvalue weighted by molar-refractivity contribution is 0.0556. The molecule has 6 heteroatoms. The molecule has 0 heterocycles.